The van der Waals surface area contributed by atoms with Crippen molar-refractivity contribution in [3.8, 4) is 0 Å². The van der Waals surface area contributed by atoms with Crippen LogP contribution in [0.25, 0.3) is 0 Å². The SMILES string of the molecule is CC1CC[C@@]2(O)C3(CC4(O)C[C@]2(C)[C@]2(O)C(O)C(O)(C(C)C)C4(C)C32O)C1O.CC1CC[C@@]2(O)C3(CC4(O)C[C@]2(C)[C@]2(O)C(OC(=O)c5ccc[nH]5)C(O)(C(C)C)C4(C)C32O)C1O. The van der Waals surface area contributed by atoms with Gasteiger partial charge in [0.05, 0.1) is 56.3 Å². The van der Waals surface area contributed by atoms with Gasteiger partial charge in [0.1, 0.15) is 45.4 Å². The number of rotatable bonds is 4. The Kier molecular flexibility index (Phi) is 8.02. The summed E-state index contributed by atoms with van der Waals surface area (Å²) in [5.74, 6) is -2.71. The summed E-state index contributed by atoms with van der Waals surface area (Å²) in [7, 11) is 0. The zero-order chi connectivity index (χ0) is 47.0. The van der Waals surface area contributed by atoms with E-state index in [0.717, 1.165) is 0 Å². The Morgan fingerprint density at radius 1 is 0.651 bits per heavy atom. The van der Waals surface area contributed by atoms with Gasteiger partial charge in [-0.15, -0.1) is 0 Å². The monoisotopic (exact) mass is 889 g/mol. The summed E-state index contributed by atoms with van der Waals surface area (Å²) in [5, 5.41) is 158. The standard InChI is InChI=1S/C26H37NO8.C21H34O7/c1-13(2)24(32)18(35-17(29)15-7-6-10-27-15)25(33)19(4)11-21(30)12-22(26(25,34)20(21,24)5)16(28)14(3)8-9-23(19,22)31;1-10(2)19(26)13(23)20(27)14(4)8-16(24)9-17(21(20,28)15(16,19)5)12(22)11(3)6-7-18(14,17)25/h6-7,10,13-14,16,18,27-28,30-34H,8-9,11-12H2,1-5H3;10-13,22-28H,6-9H2,1-5H3/t14?,16?,18?,19-,20?,21?,22?,23-,24?,25+,26?;11?,12?,13?,14-,15?,16?,17?,18-,19?,20+,21?/m00/s1. The van der Waals surface area contributed by atoms with E-state index in [0.29, 0.717) is 12.8 Å². The number of hydrogen-bond donors (Lipinski definition) is 14. The number of aliphatic hydroxyl groups excluding tert-OH is 3. The van der Waals surface area contributed by atoms with Crippen LogP contribution < -0.4 is 0 Å². The smallest absolute Gasteiger partial charge is 0.355 e. The molecular formula is C47H71NO15. The number of H-pyrrole nitrogens is 1. The third kappa shape index (κ3) is 3.29. The molecule has 1 aromatic rings. The summed E-state index contributed by atoms with van der Waals surface area (Å²) in [6.45, 7) is 16.6. The van der Waals surface area contributed by atoms with Gasteiger partial charge in [-0.3, -0.25) is 0 Å². The van der Waals surface area contributed by atoms with E-state index in [9.17, 15) is 71.2 Å². The average Bonchev–Trinajstić information content (AvgIpc) is 3.90. The fraction of sp³-hybridized carbons (Fsp3) is 0.894. The van der Waals surface area contributed by atoms with Gasteiger partial charge in [-0.2, -0.15) is 0 Å². The number of nitrogens with one attached hydrogen (secondary N) is 1. The molecule has 12 saturated carbocycles. The molecule has 0 saturated heterocycles. The molecule has 12 bridgehead atoms. The lowest BCUT2D eigenvalue weighted by atomic mass is 9.47. The maximum atomic E-state index is 13.2. The van der Waals surface area contributed by atoms with Crippen LogP contribution in [0.4, 0.5) is 0 Å². The highest BCUT2D eigenvalue weighted by molar-refractivity contribution is 5.87. The van der Waals surface area contributed by atoms with E-state index in [4.69, 9.17) is 4.74 Å². The molecule has 12 aliphatic carbocycles. The van der Waals surface area contributed by atoms with Crippen molar-refractivity contribution in [2.75, 3.05) is 0 Å². The van der Waals surface area contributed by atoms with Crippen molar-refractivity contribution in [3.63, 3.8) is 0 Å². The summed E-state index contributed by atoms with van der Waals surface area (Å²) in [5.41, 5.74) is -30.2. The Morgan fingerprint density at radius 3 is 1.48 bits per heavy atom. The van der Waals surface area contributed by atoms with Crippen LogP contribution in [0.5, 0.6) is 0 Å². The molecule has 14 N–H and O–H groups in total. The van der Waals surface area contributed by atoms with Gasteiger partial charge in [-0.25, -0.2) is 4.79 Å². The Balaban J connectivity index is 0.000000153. The molecule has 0 amide bonds. The normalized spacial score (nSPS) is 65.3. The molecule has 13 rings (SSSR count). The lowest BCUT2D eigenvalue weighted by Crippen LogP contribution is -2.72. The van der Waals surface area contributed by atoms with Gasteiger partial charge in [0.15, 0.2) is 6.10 Å². The second kappa shape index (κ2) is 11.2. The van der Waals surface area contributed by atoms with Crippen LogP contribution in [0, 0.1) is 56.2 Å². The third-order valence-corrected chi connectivity index (χ3v) is 23.1. The molecule has 2 spiro atoms. The van der Waals surface area contributed by atoms with Crippen LogP contribution in [0.3, 0.4) is 0 Å². The number of ether oxygens (including phenoxy) is 1. The van der Waals surface area contributed by atoms with Crippen molar-refractivity contribution in [1.29, 1.82) is 0 Å². The van der Waals surface area contributed by atoms with Crippen molar-refractivity contribution in [2.24, 2.45) is 56.2 Å². The van der Waals surface area contributed by atoms with E-state index < -0.39 is 131 Å². The lowest BCUT2D eigenvalue weighted by molar-refractivity contribution is -0.290. The molecular weight excluding hydrogens is 819 g/mol. The first-order chi connectivity index (χ1) is 28.6. The predicted molar refractivity (Wildman–Crippen MR) is 220 cm³/mol. The highest BCUT2D eigenvalue weighted by Gasteiger charge is 3.10. The van der Waals surface area contributed by atoms with E-state index in [1.165, 1.54) is 19.9 Å². The number of hydrogen-bond acceptors (Lipinski definition) is 15. The third-order valence-electron chi connectivity index (χ3n) is 23.1. The van der Waals surface area contributed by atoms with Crippen LogP contribution >= 0.6 is 0 Å². The summed E-state index contributed by atoms with van der Waals surface area (Å²) in [6.07, 6.45) is -3.51. The molecule has 12 fully saturated rings. The number of carbonyl (C=O) groups excluding carboxylic acids is 1. The quantitative estimate of drug-likeness (QED) is 0.174. The van der Waals surface area contributed by atoms with E-state index in [2.05, 4.69) is 4.98 Å². The van der Waals surface area contributed by atoms with E-state index in [1.54, 1.807) is 53.8 Å². The first-order valence-corrected chi connectivity index (χ1v) is 23.2. The van der Waals surface area contributed by atoms with Crippen LogP contribution in [-0.2, 0) is 4.74 Å². The van der Waals surface area contributed by atoms with E-state index >= 15 is 0 Å². The summed E-state index contributed by atoms with van der Waals surface area (Å²) >= 11 is 0. The Labute approximate surface area is 367 Å². The lowest BCUT2D eigenvalue weighted by Gasteiger charge is -2.61. The fourth-order valence-electron chi connectivity index (χ4n) is 20.4. The van der Waals surface area contributed by atoms with Gasteiger partial charge >= 0.3 is 5.97 Å². The summed E-state index contributed by atoms with van der Waals surface area (Å²) in [4.78, 5) is 16.0. The van der Waals surface area contributed by atoms with Crippen molar-refractivity contribution in [2.45, 2.75) is 201 Å². The van der Waals surface area contributed by atoms with Crippen LogP contribution in [0.2, 0.25) is 0 Å². The molecule has 0 aromatic carbocycles. The summed E-state index contributed by atoms with van der Waals surface area (Å²) < 4.78 is 5.92. The molecule has 22 atom stereocenters. The zero-order valence-corrected chi connectivity index (χ0v) is 38.1. The fourth-order valence-corrected chi connectivity index (χ4v) is 20.4. The van der Waals surface area contributed by atoms with Gasteiger partial charge in [0, 0.05) is 17.0 Å². The van der Waals surface area contributed by atoms with E-state index in [1.807, 2.05) is 13.8 Å². The topological polar surface area (TPSA) is 305 Å². The molecule has 0 radical (unpaired) electrons. The zero-order valence-electron chi connectivity index (χ0n) is 38.1. The molecule has 63 heavy (non-hydrogen) atoms. The largest absolute Gasteiger partial charge is 0.451 e. The highest BCUT2D eigenvalue weighted by Crippen LogP contribution is 2.95. The van der Waals surface area contributed by atoms with Gasteiger partial charge in [0.25, 0.3) is 0 Å². The average molecular weight is 890 g/mol. The van der Waals surface area contributed by atoms with Crippen molar-refractivity contribution in [3.05, 3.63) is 24.0 Å². The molecule has 16 nitrogen and oxygen atoms in total. The van der Waals surface area contributed by atoms with Gasteiger partial charge in [0.2, 0.25) is 0 Å². The molecule has 0 aliphatic heterocycles. The molecule has 1 aromatic heterocycles. The number of aliphatic hydroxyl groups is 13. The highest BCUT2D eigenvalue weighted by atomic mass is 16.6. The van der Waals surface area contributed by atoms with Crippen LogP contribution in [0.15, 0.2) is 18.3 Å². The molecule has 12 aliphatic rings. The maximum Gasteiger partial charge on any atom is 0.355 e. The first kappa shape index (κ1) is 45.0. The van der Waals surface area contributed by atoms with Gasteiger partial charge in [-0.05, 0) is 87.2 Å². The minimum atomic E-state index is -2.36. The van der Waals surface area contributed by atoms with Gasteiger partial charge < -0.3 is 76.1 Å². The first-order valence-electron chi connectivity index (χ1n) is 23.2. The maximum absolute atomic E-state index is 13.2. The number of esters is 1. The predicted octanol–water partition coefficient (Wildman–Crippen LogP) is -0.241. The van der Waals surface area contributed by atoms with Gasteiger partial charge in [-0.1, -0.05) is 69.2 Å². The summed E-state index contributed by atoms with van der Waals surface area (Å²) in [6, 6.07) is 3.11. The number of carbonyl (C=O) groups is 1. The second-order valence-electron chi connectivity index (χ2n) is 24.5. The second-order valence-corrected chi connectivity index (χ2v) is 24.5. The molecule has 354 valence electrons. The minimum absolute atomic E-state index is 0.0687. The van der Waals surface area contributed by atoms with E-state index in [-0.39, 0.29) is 56.1 Å². The minimum Gasteiger partial charge on any atom is -0.451 e. The van der Waals surface area contributed by atoms with Crippen molar-refractivity contribution in [1.82, 2.24) is 4.98 Å². The number of aromatic amines is 1. The van der Waals surface area contributed by atoms with Crippen molar-refractivity contribution < 1.29 is 75.9 Å². The van der Waals surface area contributed by atoms with Crippen molar-refractivity contribution >= 4 is 5.97 Å². The van der Waals surface area contributed by atoms with Crippen LogP contribution in [0.1, 0.15) is 131 Å². The Morgan fingerprint density at radius 2 is 1.06 bits per heavy atom. The molecule has 1 heterocycles. The molecule has 16 unspecified atom stereocenters. The Hall–Kier alpha value is -1.77. The van der Waals surface area contributed by atoms with Crippen LogP contribution in [-0.4, -0.2) is 158 Å². The molecule has 16 heteroatoms. The Bertz CT molecular complexity index is 2210. The number of aromatic nitrogens is 1.